The van der Waals surface area contributed by atoms with E-state index < -0.39 is 6.10 Å². The molecule has 1 N–H and O–H groups in total. The fraction of sp³-hybridized carbons (Fsp3) is 0.524. The maximum Gasteiger partial charge on any atom is 0.125 e. The van der Waals surface area contributed by atoms with Gasteiger partial charge in [-0.15, -0.1) is 11.3 Å². The molecule has 0 unspecified atom stereocenters. The molecule has 0 bridgehead atoms. The van der Waals surface area contributed by atoms with E-state index in [2.05, 4.69) is 24.8 Å². The lowest BCUT2D eigenvalue weighted by atomic mass is 9.78. The van der Waals surface area contributed by atoms with Gasteiger partial charge in [-0.25, -0.2) is 4.39 Å². The van der Waals surface area contributed by atoms with E-state index in [1.54, 1.807) is 12.1 Å². The van der Waals surface area contributed by atoms with Gasteiger partial charge in [-0.05, 0) is 74.4 Å². The maximum atomic E-state index is 13.1. The molecule has 1 aliphatic carbocycles. The van der Waals surface area contributed by atoms with Gasteiger partial charge in [0.15, 0.2) is 0 Å². The Morgan fingerprint density at radius 3 is 2.50 bits per heavy atom. The molecule has 3 nitrogen and oxygen atoms in total. The standard InChI is InChI=1S/C21H26FNO2S/c1-13-7-15(14(2)26-13)10-23-11-16-8-20(24)21(9-17(16)12-23)25-19-5-3-18(22)4-6-19/h3-7,16-17,20-21,24H,8-12H2,1-2H3/t16-,17+,20+,21+/m0/s1. The van der Waals surface area contributed by atoms with E-state index in [0.717, 1.165) is 32.5 Å². The van der Waals surface area contributed by atoms with Crippen LogP contribution >= 0.6 is 11.3 Å². The normalized spacial score (nSPS) is 28.9. The largest absolute Gasteiger partial charge is 0.488 e. The van der Waals surface area contributed by atoms with Crippen LogP contribution in [0.2, 0.25) is 0 Å². The Bertz CT molecular complexity index is 760. The molecule has 1 saturated heterocycles. The van der Waals surface area contributed by atoms with Crippen molar-refractivity contribution in [3.8, 4) is 5.75 Å². The first-order chi connectivity index (χ1) is 12.5. The number of halogens is 1. The molecule has 1 aliphatic heterocycles. The van der Waals surface area contributed by atoms with Crippen LogP contribution in [0.3, 0.4) is 0 Å². The Hall–Kier alpha value is -1.43. The van der Waals surface area contributed by atoms with Crippen LogP contribution in [-0.4, -0.2) is 35.3 Å². The van der Waals surface area contributed by atoms with Crippen molar-refractivity contribution in [3.63, 3.8) is 0 Å². The van der Waals surface area contributed by atoms with Crippen molar-refractivity contribution in [2.45, 2.75) is 45.4 Å². The highest BCUT2D eigenvalue weighted by atomic mass is 32.1. The van der Waals surface area contributed by atoms with Gasteiger partial charge in [0, 0.05) is 29.4 Å². The molecular formula is C21H26FNO2S. The lowest BCUT2D eigenvalue weighted by molar-refractivity contribution is -0.0231. The van der Waals surface area contributed by atoms with E-state index >= 15 is 0 Å². The summed E-state index contributed by atoms with van der Waals surface area (Å²) in [5.41, 5.74) is 1.44. The molecule has 0 spiro atoms. The monoisotopic (exact) mass is 375 g/mol. The van der Waals surface area contributed by atoms with Crippen LogP contribution in [0.15, 0.2) is 30.3 Å². The van der Waals surface area contributed by atoms with E-state index in [9.17, 15) is 9.50 Å². The number of aliphatic hydroxyl groups is 1. The highest BCUT2D eigenvalue weighted by molar-refractivity contribution is 7.12. The molecule has 2 aliphatic rings. The topological polar surface area (TPSA) is 32.7 Å². The quantitative estimate of drug-likeness (QED) is 0.871. The van der Waals surface area contributed by atoms with Crippen molar-refractivity contribution < 1.29 is 14.2 Å². The minimum atomic E-state index is -0.452. The van der Waals surface area contributed by atoms with Gasteiger partial charge in [-0.3, -0.25) is 4.90 Å². The number of rotatable bonds is 4. The summed E-state index contributed by atoms with van der Waals surface area (Å²) in [6.45, 7) is 7.49. The molecular weight excluding hydrogens is 349 g/mol. The number of aryl methyl sites for hydroxylation is 2. The van der Waals surface area contributed by atoms with Gasteiger partial charge in [-0.1, -0.05) is 0 Å². The summed E-state index contributed by atoms with van der Waals surface area (Å²) in [4.78, 5) is 5.31. The minimum absolute atomic E-state index is 0.202. The Morgan fingerprint density at radius 2 is 1.85 bits per heavy atom. The average molecular weight is 376 g/mol. The molecule has 4 atom stereocenters. The van der Waals surface area contributed by atoms with Gasteiger partial charge in [0.1, 0.15) is 17.7 Å². The maximum absolute atomic E-state index is 13.1. The van der Waals surface area contributed by atoms with Crippen molar-refractivity contribution in [2.24, 2.45) is 11.8 Å². The third-order valence-electron chi connectivity index (χ3n) is 5.80. The zero-order valence-corrected chi connectivity index (χ0v) is 16.1. The lowest BCUT2D eigenvalue weighted by Crippen LogP contribution is -2.42. The number of thiophene rings is 1. The molecule has 140 valence electrons. The van der Waals surface area contributed by atoms with E-state index in [-0.39, 0.29) is 11.9 Å². The molecule has 0 amide bonds. The number of aliphatic hydroxyl groups excluding tert-OH is 1. The van der Waals surface area contributed by atoms with E-state index in [0.29, 0.717) is 17.6 Å². The summed E-state index contributed by atoms with van der Waals surface area (Å²) < 4.78 is 19.0. The molecule has 1 saturated carbocycles. The number of ether oxygens (including phenoxy) is 1. The average Bonchev–Trinajstić information content (AvgIpc) is 3.12. The van der Waals surface area contributed by atoms with Gasteiger partial charge in [0.25, 0.3) is 0 Å². The zero-order valence-electron chi connectivity index (χ0n) is 15.3. The van der Waals surface area contributed by atoms with E-state index in [1.165, 1.54) is 27.5 Å². The van der Waals surface area contributed by atoms with Gasteiger partial charge < -0.3 is 9.84 Å². The van der Waals surface area contributed by atoms with Crippen LogP contribution in [0.4, 0.5) is 4.39 Å². The van der Waals surface area contributed by atoms with E-state index in [1.807, 2.05) is 11.3 Å². The van der Waals surface area contributed by atoms with Crippen LogP contribution in [0, 0.1) is 31.5 Å². The van der Waals surface area contributed by atoms with Crippen molar-refractivity contribution in [3.05, 3.63) is 51.5 Å². The van der Waals surface area contributed by atoms with Crippen LogP contribution in [0.25, 0.3) is 0 Å². The fourth-order valence-corrected chi connectivity index (χ4v) is 5.45. The van der Waals surface area contributed by atoms with Gasteiger partial charge in [0.05, 0.1) is 6.10 Å². The number of fused-ring (bicyclic) bond motifs is 1. The number of hydrogen-bond acceptors (Lipinski definition) is 4. The number of nitrogens with zero attached hydrogens (tertiary/aromatic N) is 1. The van der Waals surface area contributed by atoms with Gasteiger partial charge in [-0.2, -0.15) is 0 Å². The summed E-state index contributed by atoms with van der Waals surface area (Å²) >= 11 is 1.87. The Kier molecular flexibility index (Phi) is 5.04. The third kappa shape index (κ3) is 3.80. The summed E-state index contributed by atoms with van der Waals surface area (Å²) in [5.74, 6) is 1.46. The zero-order chi connectivity index (χ0) is 18.3. The predicted molar refractivity (Wildman–Crippen MR) is 102 cm³/mol. The molecule has 4 rings (SSSR count). The number of hydrogen-bond donors (Lipinski definition) is 1. The first kappa shape index (κ1) is 18.0. The van der Waals surface area contributed by atoms with Crippen LogP contribution < -0.4 is 4.74 Å². The minimum Gasteiger partial charge on any atom is -0.488 e. The second-order valence-electron chi connectivity index (χ2n) is 7.80. The Balaban J connectivity index is 1.38. The van der Waals surface area contributed by atoms with Crippen LogP contribution in [0.1, 0.15) is 28.2 Å². The number of benzene rings is 1. The Morgan fingerprint density at radius 1 is 1.15 bits per heavy atom. The molecule has 0 radical (unpaired) electrons. The Labute approximate surface area is 158 Å². The molecule has 1 aromatic carbocycles. The predicted octanol–water partition coefficient (Wildman–Crippen LogP) is 4.15. The molecule has 2 aromatic rings. The summed E-state index contributed by atoms with van der Waals surface area (Å²) in [7, 11) is 0. The molecule has 2 fully saturated rings. The van der Waals surface area contributed by atoms with Crippen LogP contribution in [0.5, 0.6) is 5.75 Å². The van der Waals surface area contributed by atoms with E-state index in [4.69, 9.17) is 4.74 Å². The second-order valence-corrected chi connectivity index (χ2v) is 9.26. The second kappa shape index (κ2) is 7.29. The lowest BCUT2D eigenvalue weighted by Gasteiger charge is -2.35. The van der Waals surface area contributed by atoms with Crippen molar-refractivity contribution in [2.75, 3.05) is 13.1 Å². The fourth-order valence-electron chi connectivity index (χ4n) is 4.51. The van der Waals surface area contributed by atoms with Crippen molar-refractivity contribution >= 4 is 11.3 Å². The number of likely N-dealkylation sites (tertiary alicyclic amines) is 1. The third-order valence-corrected chi connectivity index (χ3v) is 6.81. The highest BCUT2D eigenvalue weighted by Gasteiger charge is 2.42. The molecule has 2 heterocycles. The molecule has 26 heavy (non-hydrogen) atoms. The first-order valence-corrected chi connectivity index (χ1v) is 10.2. The SMILES string of the molecule is Cc1cc(CN2C[C@H]3C[C@@H](Oc4ccc(F)cc4)[C@H](O)C[C@H]3C2)c(C)s1. The van der Waals surface area contributed by atoms with Crippen LogP contribution in [-0.2, 0) is 6.54 Å². The smallest absolute Gasteiger partial charge is 0.125 e. The molecule has 5 heteroatoms. The van der Waals surface area contributed by atoms with Gasteiger partial charge >= 0.3 is 0 Å². The first-order valence-electron chi connectivity index (χ1n) is 9.36. The summed E-state index contributed by atoms with van der Waals surface area (Å²) in [6.07, 6.45) is 0.994. The molecule has 1 aromatic heterocycles. The highest BCUT2D eigenvalue weighted by Crippen LogP contribution is 2.39. The van der Waals surface area contributed by atoms with Gasteiger partial charge in [0.2, 0.25) is 0 Å². The van der Waals surface area contributed by atoms with Crippen molar-refractivity contribution in [1.82, 2.24) is 4.90 Å². The summed E-state index contributed by atoms with van der Waals surface area (Å²) in [6, 6.07) is 8.37. The summed E-state index contributed by atoms with van der Waals surface area (Å²) in [5, 5.41) is 10.5. The van der Waals surface area contributed by atoms with Crippen molar-refractivity contribution in [1.29, 1.82) is 0 Å².